The van der Waals surface area contributed by atoms with Gasteiger partial charge >= 0.3 is 0 Å². The van der Waals surface area contributed by atoms with Crippen molar-refractivity contribution >= 4 is 0 Å². The smallest absolute Gasteiger partial charge is 0.115 e. The van der Waals surface area contributed by atoms with Crippen molar-refractivity contribution in [1.29, 1.82) is 0 Å². The van der Waals surface area contributed by atoms with Crippen molar-refractivity contribution in [3.63, 3.8) is 0 Å². The van der Waals surface area contributed by atoms with Gasteiger partial charge in [-0.2, -0.15) is 0 Å². The molecule has 0 bridgehead atoms. The van der Waals surface area contributed by atoms with Crippen LogP contribution in [0.2, 0.25) is 0 Å². The molecule has 3 nitrogen and oxygen atoms in total. The molecule has 0 aliphatic carbocycles. The molecule has 0 aromatic heterocycles. The molecule has 0 saturated heterocycles. The number of phenols is 2. The highest BCUT2D eigenvalue weighted by Gasteiger charge is 1.84. The molecule has 0 fully saturated rings. The summed E-state index contributed by atoms with van der Waals surface area (Å²) in [5.41, 5.74) is 4.67. The molecule has 0 heterocycles. The van der Waals surface area contributed by atoms with E-state index in [0.29, 0.717) is 0 Å². The first-order valence-corrected chi connectivity index (χ1v) is 3.31. The second kappa shape index (κ2) is 5.93. The number of hydrogen-bond donors (Lipinski definition) is 3. The molecular formula is C9H11NO2. The van der Waals surface area contributed by atoms with Crippen LogP contribution in [0.3, 0.4) is 0 Å². The molecule has 3 heteroatoms. The summed E-state index contributed by atoms with van der Waals surface area (Å²) < 4.78 is 0. The summed E-state index contributed by atoms with van der Waals surface area (Å²) in [7, 11) is 0. The first kappa shape index (κ1) is 10.2. The van der Waals surface area contributed by atoms with Crippen molar-refractivity contribution in [2.24, 2.45) is 5.73 Å². The Hall–Kier alpha value is -1.82. The van der Waals surface area contributed by atoms with Gasteiger partial charge in [0.15, 0.2) is 0 Å². The first-order chi connectivity index (χ1) is 5.70. The zero-order chi connectivity index (χ0) is 9.40. The third-order valence-electron chi connectivity index (χ3n) is 0.994. The van der Waals surface area contributed by atoms with Gasteiger partial charge in [-0.1, -0.05) is 5.92 Å². The van der Waals surface area contributed by atoms with Crippen LogP contribution >= 0.6 is 0 Å². The molecule has 0 aliphatic heterocycles. The summed E-state index contributed by atoms with van der Waals surface area (Å²) in [5.74, 6) is 2.80. The van der Waals surface area contributed by atoms with Crippen LogP contribution in [0.4, 0.5) is 0 Å². The van der Waals surface area contributed by atoms with Crippen LogP contribution in [0.1, 0.15) is 6.92 Å². The number of rotatable bonds is 0. The zero-order valence-corrected chi connectivity index (χ0v) is 6.78. The Kier molecular flexibility index (Phi) is 5.03. The van der Waals surface area contributed by atoms with Crippen molar-refractivity contribution < 1.29 is 10.2 Å². The van der Waals surface area contributed by atoms with E-state index in [4.69, 9.17) is 10.2 Å². The maximum atomic E-state index is 8.65. The van der Waals surface area contributed by atoms with Crippen molar-refractivity contribution in [3.05, 3.63) is 24.3 Å². The highest BCUT2D eigenvalue weighted by molar-refractivity contribution is 5.28. The molecule has 0 aliphatic rings. The van der Waals surface area contributed by atoms with Gasteiger partial charge in [-0.3, -0.25) is 0 Å². The average molecular weight is 165 g/mol. The highest BCUT2D eigenvalue weighted by atomic mass is 16.3. The van der Waals surface area contributed by atoms with E-state index >= 15 is 0 Å². The van der Waals surface area contributed by atoms with Gasteiger partial charge in [0, 0.05) is 6.04 Å². The largest absolute Gasteiger partial charge is 0.508 e. The third-order valence-corrected chi connectivity index (χ3v) is 0.994. The normalized spacial score (nSPS) is 7.08. The Balaban J connectivity index is 0.000000261. The fourth-order valence-corrected chi connectivity index (χ4v) is 0.453. The maximum Gasteiger partial charge on any atom is 0.115 e. The SMILES string of the molecule is CC#CN.Oc1ccc(O)cc1. The van der Waals surface area contributed by atoms with Crippen LogP contribution in [0.15, 0.2) is 24.3 Å². The topological polar surface area (TPSA) is 66.5 Å². The Morgan fingerprint density at radius 1 is 1.08 bits per heavy atom. The highest BCUT2D eigenvalue weighted by Crippen LogP contribution is 2.13. The third kappa shape index (κ3) is 5.00. The van der Waals surface area contributed by atoms with Gasteiger partial charge in [0.05, 0.1) is 0 Å². The van der Waals surface area contributed by atoms with Crippen molar-refractivity contribution in [2.45, 2.75) is 6.92 Å². The monoisotopic (exact) mass is 165 g/mol. The molecule has 0 saturated carbocycles. The lowest BCUT2D eigenvalue weighted by Crippen LogP contribution is -1.72. The zero-order valence-electron chi connectivity index (χ0n) is 6.78. The molecule has 4 N–H and O–H groups in total. The summed E-state index contributed by atoms with van der Waals surface area (Å²) in [6, 6.07) is 7.88. The van der Waals surface area contributed by atoms with Gasteiger partial charge in [-0.05, 0) is 31.2 Å². The molecule has 1 aromatic carbocycles. The Labute approximate surface area is 71.5 Å². The minimum Gasteiger partial charge on any atom is -0.508 e. The molecule has 0 atom stereocenters. The van der Waals surface area contributed by atoms with Gasteiger partial charge in [0.25, 0.3) is 0 Å². The lowest BCUT2D eigenvalue weighted by atomic mass is 10.3. The van der Waals surface area contributed by atoms with E-state index < -0.39 is 0 Å². The van der Waals surface area contributed by atoms with E-state index in [1.54, 1.807) is 6.92 Å². The van der Waals surface area contributed by atoms with Gasteiger partial charge in [-0.25, -0.2) is 0 Å². The Bertz CT molecular complexity index is 242. The van der Waals surface area contributed by atoms with E-state index in [1.165, 1.54) is 24.3 Å². The molecule has 0 radical (unpaired) electrons. The quantitative estimate of drug-likeness (QED) is 0.305. The van der Waals surface area contributed by atoms with Gasteiger partial charge < -0.3 is 15.9 Å². The minimum absolute atomic E-state index is 0.169. The van der Waals surface area contributed by atoms with Crippen LogP contribution < -0.4 is 5.73 Å². The Morgan fingerprint density at radius 3 is 1.50 bits per heavy atom. The average Bonchev–Trinajstić information content (AvgIpc) is 2.11. The van der Waals surface area contributed by atoms with Crippen LogP contribution in [-0.2, 0) is 0 Å². The van der Waals surface area contributed by atoms with E-state index in [9.17, 15) is 0 Å². The standard InChI is InChI=1S/C6H6O2.C3H5N/c7-5-1-2-6(8)4-3-5;1-2-3-4/h1-4,7-8H;4H2,1H3. The summed E-state index contributed by atoms with van der Waals surface area (Å²) in [6.45, 7) is 1.69. The lowest BCUT2D eigenvalue weighted by Gasteiger charge is -1.88. The predicted molar refractivity (Wildman–Crippen MR) is 47.4 cm³/mol. The van der Waals surface area contributed by atoms with Crippen LogP contribution in [0.25, 0.3) is 0 Å². The van der Waals surface area contributed by atoms with E-state index in [1.807, 2.05) is 0 Å². The number of nitrogens with two attached hydrogens (primary N) is 1. The van der Waals surface area contributed by atoms with E-state index in [-0.39, 0.29) is 11.5 Å². The van der Waals surface area contributed by atoms with Crippen molar-refractivity contribution in [2.75, 3.05) is 0 Å². The minimum atomic E-state index is 0.169. The molecule has 0 amide bonds. The van der Waals surface area contributed by atoms with Gasteiger partial charge in [0.2, 0.25) is 0 Å². The maximum absolute atomic E-state index is 8.65. The summed E-state index contributed by atoms with van der Waals surface area (Å²) >= 11 is 0. The second-order valence-corrected chi connectivity index (χ2v) is 1.91. The number of phenolic OH excluding ortho intramolecular Hbond substituents is 2. The molecule has 64 valence electrons. The van der Waals surface area contributed by atoms with Gasteiger partial charge in [-0.15, -0.1) is 0 Å². The lowest BCUT2D eigenvalue weighted by molar-refractivity contribution is 0.460. The fourth-order valence-electron chi connectivity index (χ4n) is 0.453. The van der Waals surface area contributed by atoms with Gasteiger partial charge in [0.1, 0.15) is 11.5 Å². The summed E-state index contributed by atoms with van der Waals surface area (Å²) in [5, 5.41) is 17.3. The first-order valence-electron chi connectivity index (χ1n) is 3.31. The second-order valence-electron chi connectivity index (χ2n) is 1.91. The molecular weight excluding hydrogens is 154 g/mol. The Morgan fingerprint density at radius 2 is 1.33 bits per heavy atom. The number of benzene rings is 1. The van der Waals surface area contributed by atoms with E-state index in [2.05, 4.69) is 17.7 Å². The summed E-state index contributed by atoms with van der Waals surface area (Å²) in [4.78, 5) is 0. The fraction of sp³-hybridized carbons (Fsp3) is 0.111. The van der Waals surface area contributed by atoms with Crippen LogP contribution in [0.5, 0.6) is 11.5 Å². The van der Waals surface area contributed by atoms with Crippen LogP contribution in [0, 0.1) is 12.0 Å². The molecule has 1 aromatic rings. The van der Waals surface area contributed by atoms with Crippen molar-refractivity contribution in [1.82, 2.24) is 0 Å². The van der Waals surface area contributed by atoms with Crippen LogP contribution in [-0.4, -0.2) is 10.2 Å². The number of hydrogen-bond acceptors (Lipinski definition) is 3. The van der Waals surface area contributed by atoms with E-state index in [0.717, 1.165) is 0 Å². The number of aromatic hydroxyl groups is 2. The molecule has 0 spiro atoms. The predicted octanol–water partition coefficient (Wildman–Crippen LogP) is 1.02. The molecule has 0 unspecified atom stereocenters. The summed E-state index contributed by atoms with van der Waals surface area (Å²) in [6.07, 6.45) is 0. The molecule has 12 heavy (non-hydrogen) atoms. The molecule has 1 rings (SSSR count). The van der Waals surface area contributed by atoms with Crippen molar-refractivity contribution in [3.8, 4) is 23.5 Å².